The molecule has 2 N–H and O–H groups in total. The Hall–Kier alpha value is -1.90. The molecule has 0 bridgehead atoms. The second-order valence-corrected chi connectivity index (χ2v) is 4.53. The lowest BCUT2D eigenvalue weighted by Crippen LogP contribution is -2.17. The Morgan fingerprint density at radius 1 is 1.35 bits per heavy atom. The van der Waals surface area contributed by atoms with E-state index in [0.717, 1.165) is 0 Å². The molecule has 0 aromatic heterocycles. The highest BCUT2D eigenvalue weighted by Gasteiger charge is 2.29. The van der Waals surface area contributed by atoms with E-state index in [9.17, 15) is 22.8 Å². The first-order chi connectivity index (χ1) is 9.26. The second-order valence-electron chi connectivity index (χ2n) is 3.49. The van der Waals surface area contributed by atoms with E-state index in [4.69, 9.17) is 9.84 Å². The lowest BCUT2D eigenvalue weighted by Gasteiger charge is -2.08. The van der Waals surface area contributed by atoms with Crippen LogP contribution >= 0.6 is 11.8 Å². The maximum absolute atomic E-state index is 11.9. The van der Waals surface area contributed by atoms with E-state index in [1.165, 1.54) is 24.3 Å². The van der Waals surface area contributed by atoms with Crippen LogP contribution in [0.5, 0.6) is 5.75 Å². The molecule has 0 aliphatic heterocycles. The van der Waals surface area contributed by atoms with Crippen molar-refractivity contribution in [1.82, 2.24) is 0 Å². The first-order valence-corrected chi connectivity index (χ1v) is 6.20. The van der Waals surface area contributed by atoms with Crippen LogP contribution in [0.1, 0.15) is 0 Å². The van der Waals surface area contributed by atoms with E-state index in [-0.39, 0.29) is 11.4 Å². The van der Waals surface area contributed by atoms with E-state index >= 15 is 0 Å². The fraction of sp³-hybridized carbons (Fsp3) is 0.273. The molecule has 0 saturated heterocycles. The number of anilines is 1. The molecule has 110 valence electrons. The van der Waals surface area contributed by atoms with Crippen LogP contribution in [0.4, 0.5) is 18.9 Å². The summed E-state index contributed by atoms with van der Waals surface area (Å²) < 4.78 is 40.6. The number of nitrogens with one attached hydrogen (secondary N) is 1. The number of ether oxygens (including phenoxy) is 1. The summed E-state index contributed by atoms with van der Waals surface area (Å²) in [6.45, 7) is -0.554. The molecule has 5 nitrogen and oxygen atoms in total. The predicted molar refractivity (Wildman–Crippen MR) is 66.7 cm³/mol. The Bertz CT molecular complexity index is 493. The predicted octanol–water partition coefficient (Wildman–Crippen LogP) is 2.34. The number of hydrogen-bond donors (Lipinski definition) is 2. The molecule has 0 spiro atoms. The van der Waals surface area contributed by atoms with E-state index < -0.39 is 41.5 Å². The molecule has 0 heterocycles. The molecule has 20 heavy (non-hydrogen) atoms. The summed E-state index contributed by atoms with van der Waals surface area (Å²) in [4.78, 5) is 21.6. The summed E-state index contributed by atoms with van der Waals surface area (Å²) in [6, 6.07) is 5.70. The summed E-state index contributed by atoms with van der Waals surface area (Å²) in [7, 11) is 0. The third kappa shape index (κ3) is 6.88. The fourth-order valence-electron chi connectivity index (χ4n) is 1.15. The van der Waals surface area contributed by atoms with Crippen LogP contribution in [-0.4, -0.2) is 34.9 Å². The molecule has 9 heteroatoms. The molecule has 0 saturated carbocycles. The molecule has 0 atom stereocenters. The van der Waals surface area contributed by atoms with Crippen LogP contribution in [-0.2, 0) is 9.59 Å². The van der Waals surface area contributed by atoms with Crippen molar-refractivity contribution < 1.29 is 32.6 Å². The lowest BCUT2D eigenvalue weighted by atomic mass is 10.3. The maximum atomic E-state index is 11.9. The van der Waals surface area contributed by atoms with Crippen LogP contribution in [0, 0.1) is 0 Å². The topological polar surface area (TPSA) is 75.6 Å². The Morgan fingerprint density at radius 3 is 2.65 bits per heavy atom. The minimum absolute atomic E-state index is 0.189. The third-order valence-electron chi connectivity index (χ3n) is 1.85. The molecule has 0 aliphatic carbocycles. The maximum Gasteiger partial charge on any atom is 0.442 e. The number of carbonyl (C=O) groups excluding carboxylic acids is 1. The molecule has 1 amide bonds. The van der Waals surface area contributed by atoms with E-state index in [1.807, 2.05) is 0 Å². The highest BCUT2D eigenvalue weighted by atomic mass is 32.2. The van der Waals surface area contributed by atoms with E-state index in [1.54, 1.807) is 0 Å². The number of carbonyl (C=O) groups is 2. The van der Waals surface area contributed by atoms with Gasteiger partial charge in [-0.3, -0.25) is 4.79 Å². The highest BCUT2D eigenvalue weighted by Crippen LogP contribution is 2.30. The van der Waals surface area contributed by atoms with Crippen LogP contribution < -0.4 is 10.1 Å². The number of alkyl halides is 3. The normalized spacial score (nSPS) is 10.9. The van der Waals surface area contributed by atoms with Gasteiger partial charge in [-0.2, -0.15) is 13.2 Å². The Kier molecular flexibility index (Phi) is 5.68. The Morgan fingerprint density at radius 2 is 2.05 bits per heavy atom. The summed E-state index contributed by atoms with van der Waals surface area (Å²) in [5, 5.41) is 10.7. The molecule has 0 fully saturated rings. The smallest absolute Gasteiger partial charge is 0.442 e. The van der Waals surface area contributed by atoms with Crippen molar-refractivity contribution in [3.05, 3.63) is 24.3 Å². The van der Waals surface area contributed by atoms with Crippen molar-refractivity contribution in [2.45, 2.75) is 5.51 Å². The molecular formula is C11H10F3NO4S. The van der Waals surface area contributed by atoms with Gasteiger partial charge in [-0.25, -0.2) is 4.79 Å². The minimum atomic E-state index is -4.47. The van der Waals surface area contributed by atoms with Crippen LogP contribution in [0.25, 0.3) is 0 Å². The van der Waals surface area contributed by atoms with Crippen LogP contribution in [0.2, 0.25) is 0 Å². The van der Waals surface area contributed by atoms with E-state index in [0.29, 0.717) is 0 Å². The molecule has 1 aromatic carbocycles. The lowest BCUT2D eigenvalue weighted by molar-refractivity contribution is -0.139. The van der Waals surface area contributed by atoms with Crippen molar-refractivity contribution in [3.63, 3.8) is 0 Å². The fourth-order valence-corrected chi connectivity index (χ4v) is 1.52. The largest absolute Gasteiger partial charge is 0.482 e. The molecule has 0 unspecified atom stereocenters. The molecular weight excluding hydrogens is 299 g/mol. The van der Waals surface area contributed by atoms with E-state index in [2.05, 4.69) is 5.32 Å². The quantitative estimate of drug-likeness (QED) is 0.843. The number of halogens is 3. The number of hydrogen-bond acceptors (Lipinski definition) is 4. The van der Waals surface area contributed by atoms with Gasteiger partial charge in [0.1, 0.15) is 5.75 Å². The zero-order chi connectivity index (χ0) is 15.2. The van der Waals surface area contributed by atoms with Gasteiger partial charge in [0, 0.05) is 11.8 Å². The van der Waals surface area contributed by atoms with Gasteiger partial charge in [-0.1, -0.05) is 6.07 Å². The number of rotatable bonds is 6. The van der Waals surface area contributed by atoms with Crippen molar-refractivity contribution >= 4 is 29.3 Å². The van der Waals surface area contributed by atoms with Crippen LogP contribution in [0.15, 0.2) is 24.3 Å². The van der Waals surface area contributed by atoms with Gasteiger partial charge in [0.2, 0.25) is 5.91 Å². The third-order valence-corrected chi connectivity index (χ3v) is 2.58. The van der Waals surface area contributed by atoms with Gasteiger partial charge in [-0.05, 0) is 23.9 Å². The standard InChI is InChI=1S/C11H10F3NO4S/c12-11(13,14)20-6-9(16)15-7-2-1-3-8(4-7)19-5-10(17)18/h1-4H,5-6H2,(H,15,16)(H,17,18). The number of carboxylic acid groups (broad SMARTS) is 1. The first kappa shape index (κ1) is 16.2. The SMILES string of the molecule is O=C(O)COc1cccc(NC(=O)CSC(F)(F)F)c1. The Labute approximate surface area is 116 Å². The summed E-state index contributed by atoms with van der Waals surface area (Å²) >= 11 is -0.442. The zero-order valence-corrected chi connectivity index (χ0v) is 10.8. The number of aliphatic carboxylic acids is 1. The molecule has 1 aromatic rings. The number of benzene rings is 1. The second kappa shape index (κ2) is 7.04. The number of amides is 1. The van der Waals surface area contributed by atoms with Crippen molar-refractivity contribution in [1.29, 1.82) is 0 Å². The van der Waals surface area contributed by atoms with Crippen LogP contribution in [0.3, 0.4) is 0 Å². The summed E-state index contributed by atoms with van der Waals surface area (Å²) in [5.74, 6) is -2.55. The molecule has 1 rings (SSSR count). The Balaban J connectivity index is 2.53. The van der Waals surface area contributed by atoms with Gasteiger partial charge in [0.15, 0.2) is 6.61 Å². The van der Waals surface area contributed by atoms with Gasteiger partial charge < -0.3 is 15.2 Å². The number of carboxylic acids is 1. The summed E-state index contributed by atoms with van der Waals surface area (Å²) in [5.41, 5.74) is -4.25. The van der Waals surface area contributed by atoms with Crippen molar-refractivity contribution in [2.75, 3.05) is 17.7 Å². The van der Waals surface area contributed by atoms with Gasteiger partial charge >= 0.3 is 11.5 Å². The average molecular weight is 309 g/mol. The average Bonchev–Trinajstić information content (AvgIpc) is 2.34. The number of thioether (sulfide) groups is 1. The van der Waals surface area contributed by atoms with Crippen molar-refractivity contribution in [2.24, 2.45) is 0 Å². The zero-order valence-electron chi connectivity index (χ0n) is 9.94. The molecule has 0 radical (unpaired) electrons. The first-order valence-electron chi connectivity index (χ1n) is 5.21. The highest BCUT2D eigenvalue weighted by molar-refractivity contribution is 8.00. The molecule has 0 aliphatic rings. The minimum Gasteiger partial charge on any atom is -0.482 e. The van der Waals surface area contributed by atoms with Gasteiger partial charge in [0.25, 0.3) is 0 Å². The van der Waals surface area contributed by atoms with Gasteiger partial charge in [0.05, 0.1) is 5.75 Å². The monoisotopic (exact) mass is 309 g/mol. The summed E-state index contributed by atoms with van der Waals surface area (Å²) in [6.07, 6.45) is 0. The van der Waals surface area contributed by atoms with Gasteiger partial charge in [-0.15, -0.1) is 0 Å². The van der Waals surface area contributed by atoms with Crippen molar-refractivity contribution in [3.8, 4) is 5.75 Å².